The molecule has 9 heteroatoms. The zero-order valence-electron chi connectivity index (χ0n) is 19.7. The van der Waals surface area contributed by atoms with Crippen LogP contribution in [0.3, 0.4) is 0 Å². The minimum Gasteiger partial charge on any atom is -0.318 e. The Morgan fingerprint density at radius 2 is 1.71 bits per heavy atom. The number of hydrogen-bond donors (Lipinski definition) is 1. The van der Waals surface area contributed by atoms with Crippen LogP contribution in [0.1, 0.15) is 42.3 Å². The largest absolute Gasteiger partial charge is 0.318 e. The van der Waals surface area contributed by atoms with E-state index in [1.54, 1.807) is 12.1 Å². The topological polar surface area (TPSA) is 97.5 Å². The van der Waals surface area contributed by atoms with Gasteiger partial charge < -0.3 is 4.57 Å². The lowest BCUT2D eigenvalue weighted by molar-refractivity contribution is -0.384. The van der Waals surface area contributed by atoms with Gasteiger partial charge in [0.2, 0.25) is 0 Å². The Morgan fingerprint density at radius 1 is 1.03 bits per heavy atom. The fraction of sp³-hybridized carbons (Fsp3) is 0.192. The average Bonchev–Trinajstić information content (AvgIpc) is 3.09. The van der Waals surface area contributed by atoms with Crippen LogP contribution in [0.5, 0.6) is 0 Å². The Kier molecular flexibility index (Phi) is 6.36. The second-order valence-corrected chi connectivity index (χ2v) is 9.03. The van der Waals surface area contributed by atoms with Crippen LogP contribution < -0.4 is 10.2 Å². The molecule has 0 radical (unpaired) electrons. The fourth-order valence-electron chi connectivity index (χ4n) is 4.13. The lowest BCUT2D eigenvalue weighted by atomic mass is 10.0. The van der Waals surface area contributed by atoms with Crippen molar-refractivity contribution in [3.05, 3.63) is 92.8 Å². The van der Waals surface area contributed by atoms with Gasteiger partial charge in [-0.25, -0.2) is 0 Å². The van der Waals surface area contributed by atoms with Gasteiger partial charge in [0, 0.05) is 23.5 Å². The maximum Gasteiger partial charge on any atom is 0.271 e. The van der Waals surface area contributed by atoms with E-state index >= 15 is 0 Å². The van der Waals surface area contributed by atoms with Gasteiger partial charge in [-0.2, -0.15) is 0 Å². The molecule has 1 aliphatic rings. The number of amides is 2. The number of hydrogen-bond acceptors (Lipinski definition) is 5. The van der Waals surface area contributed by atoms with Crippen LogP contribution >= 0.6 is 12.2 Å². The van der Waals surface area contributed by atoms with Crippen LogP contribution in [0.25, 0.3) is 11.8 Å². The van der Waals surface area contributed by atoms with Gasteiger partial charge in [0.25, 0.3) is 17.5 Å². The van der Waals surface area contributed by atoms with Gasteiger partial charge in [0.05, 0.1) is 16.3 Å². The summed E-state index contributed by atoms with van der Waals surface area (Å²) in [5.41, 5.74) is 4.42. The van der Waals surface area contributed by atoms with Crippen molar-refractivity contribution in [1.82, 2.24) is 9.88 Å². The van der Waals surface area contributed by atoms with Crippen LogP contribution in [0, 0.1) is 24.0 Å². The Morgan fingerprint density at radius 3 is 2.34 bits per heavy atom. The maximum absolute atomic E-state index is 13.4. The molecule has 8 nitrogen and oxygen atoms in total. The number of nitrogens with zero attached hydrogens (tertiary/aromatic N) is 3. The molecule has 3 aromatic rings. The molecule has 4 rings (SSSR count). The quantitative estimate of drug-likeness (QED) is 0.180. The van der Waals surface area contributed by atoms with Gasteiger partial charge in [0.15, 0.2) is 5.11 Å². The van der Waals surface area contributed by atoms with Crippen molar-refractivity contribution in [2.75, 3.05) is 4.90 Å². The first-order valence-electron chi connectivity index (χ1n) is 11.0. The molecular formula is C26H24N4O4S. The molecule has 0 bridgehead atoms. The zero-order valence-corrected chi connectivity index (χ0v) is 20.6. The van der Waals surface area contributed by atoms with E-state index in [9.17, 15) is 19.7 Å². The molecule has 1 N–H and O–H groups in total. The maximum atomic E-state index is 13.4. The molecule has 0 unspecified atom stereocenters. The summed E-state index contributed by atoms with van der Waals surface area (Å²) in [5.74, 6) is -0.754. The van der Waals surface area contributed by atoms with Crippen LogP contribution in [-0.4, -0.2) is 26.4 Å². The summed E-state index contributed by atoms with van der Waals surface area (Å²) in [4.78, 5) is 38.2. The van der Waals surface area contributed by atoms with Crippen molar-refractivity contribution in [2.24, 2.45) is 0 Å². The fourth-order valence-corrected chi connectivity index (χ4v) is 4.41. The van der Waals surface area contributed by atoms with Crippen molar-refractivity contribution in [3.8, 4) is 5.69 Å². The Labute approximate surface area is 208 Å². The number of carbonyl (C=O) groups is 2. The number of nitrogens with one attached hydrogen (secondary N) is 1. The van der Waals surface area contributed by atoms with Gasteiger partial charge in [-0.1, -0.05) is 32.0 Å². The molecule has 1 saturated heterocycles. The van der Waals surface area contributed by atoms with Crippen molar-refractivity contribution in [3.63, 3.8) is 0 Å². The lowest BCUT2D eigenvalue weighted by Gasteiger charge is -2.29. The normalized spacial score (nSPS) is 15.2. The van der Waals surface area contributed by atoms with Gasteiger partial charge in [-0.15, -0.1) is 0 Å². The molecule has 35 heavy (non-hydrogen) atoms. The van der Waals surface area contributed by atoms with E-state index in [1.807, 2.05) is 48.7 Å². The highest BCUT2D eigenvalue weighted by molar-refractivity contribution is 7.80. The van der Waals surface area contributed by atoms with Crippen molar-refractivity contribution in [1.29, 1.82) is 0 Å². The number of benzene rings is 2. The van der Waals surface area contributed by atoms with Crippen molar-refractivity contribution < 1.29 is 14.5 Å². The van der Waals surface area contributed by atoms with E-state index in [-0.39, 0.29) is 16.4 Å². The van der Waals surface area contributed by atoms with Gasteiger partial charge in [-0.05, 0) is 73.5 Å². The molecule has 178 valence electrons. The SMILES string of the molecule is Cc1cc(/C=C2\C(=O)NC(=S)N(c3ccc(C(C)C)cc3)C2=O)c(C)n1-c1cccc([N+](=O)[O-])c1. The third-order valence-corrected chi connectivity index (χ3v) is 6.27. The number of nitro groups is 1. The number of rotatable bonds is 5. The van der Waals surface area contributed by atoms with Crippen LogP contribution in [0.15, 0.2) is 60.2 Å². The summed E-state index contributed by atoms with van der Waals surface area (Å²) >= 11 is 5.30. The number of anilines is 1. The Bertz CT molecular complexity index is 1400. The Hall–Kier alpha value is -4.11. The van der Waals surface area contributed by atoms with Crippen LogP contribution in [-0.2, 0) is 9.59 Å². The highest BCUT2D eigenvalue weighted by Crippen LogP contribution is 2.28. The standard InChI is InChI=1S/C26H24N4O4S/c1-15(2)18-8-10-20(11-9-18)29-25(32)23(24(31)27-26(29)35)13-19-12-16(3)28(17(19)4)21-6-5-7-22(14-21)30(33)34/h5-15H,1-4H3,(H,27,31,35)/b23-13+. The van der Waals surface area contributed by atoms with Crippen molar-refractivity contribution >= 4 is 46.6 Å². The molecule has 1 fully saturated rings. The molecule has 0 spiro atoms. The smallest absolute Gasteiger partial charge is 0.271 e. The number of aryl methyl sites for hydroxylation is 1. The number of nitro benzene ring substituents is 1. The first-order valence-corrected chi connectivity index (χ1v) is 11.4. The minimum atomic E-state index is -0.574. The van der Waals surface area contributed by atoms with E-state index in [4.69, 9.17) is 12.2 Å². The third kappa shape index (κ3) is 4.50. The van der Waals surface area contributed by atoms with Gasteiger partial charge in [0.1, 0.15) is 5.57 Å². The number of non-ortho nitro benzene ring substituents is 1. The lowest BCUT2D eigenvalue weighted by Crippen LogP contribution is -2.54. The molecule has 2 amide bonds. The summed E-state index contributed by atoms with van der Waals surface area (Å²) in [6, 6.07) is 15.6. The molecule has 2 heterocycles. The Balaban J connectivity index is 1.73. The van der Waals surface area contributed by atoms with Gasteiger partial charge >= 0.3 is 0 Å². The predicted molar refractivity (Wildman–Crippen MR) is 139 cm³/mol. The minimum absolute atomic E-state index is 0.0237. The summed E-state index contributed by atoms with van der Waals surface area (Å²) in [7, 11) is 0. The van der Waals surface area contributed by atoms with E-state index in [0.29, 0.717) is 22.9 Å². The second-order valence-electron chi connectivity index (χ2n) is 8.64. The van der Waals surface area contributed by atoms with Crippen LogP contribution in [0.2, 0.25) is 0 Å². The predicted octanol–water partition coefficient (Wildman–Crippen LogP) is 4.96. The van der Waals surface area contributed by atoms with E-state index in [1.165, 1.54) is 23.1 Å². The average molecular weight is 489 g/mol. The number of carbonyl (C=O) groups excluding carboxylic acids is 2. The summed E-state index contributed by atoms with van der Waals surface area (Å²) < 4.78 is 1.84. The van der Waals surface area contributed by atoms with Gasteiger partial charge in [-0.3, -0.25) is 29.9 Å². The third-order valence-electron chi connectivity index (χ3n) is 5.99. The van der Waals surface area contributed by atoms with E-state index < -0.39 is 16.7 Å². The zero-order chi connectivity index (χ0) is 25.4. The monoisotopic (exact) mass is 488 g/mol. The number of thiocarbonyl (C=S) groups is 1. The van der Waals surface area contributed by atoms with Crippen molar-refractivity contribution in [2.45, 2.75) is 33.6 Å². The second kappa shape index (κ2) is 9.27. The summed E-state index contributed by atoms with van der Waals surface area (Å²) in [6.45, 7) is 7.85. The molecule has 2 aromatic carbocycles. The molecule has 1 aliphatic heterocycles. The molecule has 0 atom stereocenters. The molecule has 1 aromatic heterocycles. The van der Waals surface area contributed by atoms with E-state index in [2.05, 4.69) is 19.2 Å². The first-order chi connectivity index (χ1) is 16.6. The highest BCUT2D eigenvalue weighted by atomic mass is 32.1. The summed E-state index contributed by atoms with van der Waals surface area (Å²) in [6.07, 6.45) is 1.53. The van der Waals surface area contributed by atoms with Crippen LogP contribution in [0.4, 0.5) is 11.4 Å². The molecular weight excluding hydrogens is 464 g/mol. The molecule has 0 aliphatic carbocycles. The summed E-state index contributed by atoms with van der Waals surface area (Å²) in [5, 5.41) is 13.8. The first kappa shape index (κ1) is 24.0. The van der Waals surface area contributed by atoms with E-state index in [0.717, 1.165) is 17.0 Å². The molecule has 0 saturated carbocycles. The highest BCUT2D eigenvalue weighted by Gasteiger charge is 2.34. The number of aromatic nitrogens is 1.